The molecule has 0 N–H and O–H groups in total. The van der Waals surface area contributed by atoms with Crippen LogP contribution in [0.4, 0.5) is 0 Å². The van der Waals surface area contributed by atoms with Gasteiger partial charge in [-0.15, -0.1) is 18.8 Å². The fourth-order valence-corrected chi connectivity index (χ4v) is 0.340. The van der Waals surface area contributed by atoms with Gasteiger partial charge >= 0.3 is 0 Å². The Kier molecular flexibility index (Phi) is 9.49. The summed E-state index contributed by atoms with van der Waals surface area (Å²) in [4.78, 5) is 0. The Bertz CT molecular complexity index is 66.1. The third kappa shape index (κ3) is 4.24. The normalized spacial score (nSPS) is 12.6. The maximum absolute atomic E-state index is 2.99. The molecule has 0 heterocycles. The SMILES string of the molecule is Cl.[C-]1=CC=CC1.[Rh]. The second-order valence-corrected chi connectivity index (χ2v) is 1.00. The third-order valence-electron chi connectivity index (χ3n) is 0.586. The molecule has 1 rings (SSSR count). The van der Waals surface area contributed by atoms with E-state index in [1.54, 1.807) is 0 Å². The van der Waals surface area contributed by atoms with Gasteiger partial charge in [0.2, 0.25) is 0 Å². The fraction of sp³-hybridized carbons (Fsp3) is 0.200. The molecule has 0 saturated heterocycles. The summed E-state index contributed by atoms with van der Waals surface area (Å²) in [6.07, 6.45) is 10.0. The van der Waals surface area contributed by atoms with Gasteiger partial charge in [0.05, 0.1) is 0 Å². The summed E-state index contributed by atoms with van der Waals surface area (Å²) in [6, 6.07) is 0. The summed E-state index contributed by atoms with van der Waals surface area (Å²) in [5.74, 6) is 0. The van der Waals surface area contributed by atoms with E-state index >= 15 is 0 Å². The van der Waals surface area contributed by atoms with E-state index in [2.05, 4.69) is 12.2 Å². The Morgan fingerprint density at radius 2 is 2.14 bits per heavy atom. The van der Waals surface area contributed by atoms with E-state index in [4.69, 9.17) is 0 Å². The van der Waals surface area contributed by atoms with Crippen LogP contribution in [0.2, 0.25) is 0 Å². The van der Waals surface area contributed by atoms with E-state index in [0.717, 1.165) is 6.42 Å². The largest absolute Gasteiger partial charge is 0.273 e. The molecule has 0 aromatic heterocycles. The third-order valence-corrected chi connectivity index (χ3v) is 0.586. The fourth-order valence-electron chi connectivity index (χ4n) is 0.340. The smallest absolute Gasteiger partial charge is 0 e. The average Bonchev–Trinajstić information content (AvgIpc) is 1.76. The predicted octanol–water partition coefficient (Wildman–Crippen LogP) is 1.72. The van der Waals surface area contributed by atoms with Crippen LogP contribution in [0.25, 0.3) is 0 Å². The number of halogens is 1. The second-order valence-electron chi connectivity index (χ2n) is 1.00. The quantitative estimate of drug-likeness (QED) is 0.416. The molecule has 2 heteroatoms. The summed E-state index contributed by atoms with van der Waals surface area (Å²) in [5.41, 5.74) is 0. The summed E-state index contributed by atoms with van der Waals surface area (Å²) in [6.45, 7) is 0. The minimum atomic E-state index is 0. The Balaban J connectivity index is 0. The molecule has 7 heavy (non-hydrogen) atoms. The summed E-state index contributed by atoms with van der Waals surface area (Å²) >= 11 is 0. The molecule has 0 spiro atoms. The molecule has 0 amide bonds. The first kappa shape index (κ1) is 10.4. The van der Waals surface area contributed by atoms with Gasteiger partial charge in [0, 0.05) is 19.5 Å². The van der Waals surface area contributed by atoms with Crippen LogP contribution in [0.15, 0.2) is 18.2 Å². The first-order valence-electron chi connectivity index (χ1n) is 1.72. The Morgan fingerprint density at radius 3 is 2.29 bits per heavy atom. The van der Waals surface area contributed by atoms with Crippen molar-refractivity contribution in [1.82, 2.24) is 0 Å². The molecule has 0 aromatic carbocycles. The van der Waals surface area contributed by atoms with Crippen molar-refractivity contribution in [2.24, 2.45) is 0 Å². The molecule has 0 aliphatic heterocycles. The molecule has 1 aliphatic carbocycles. The van der Waals surface area contributed by atoms with Crippen LogP contribution in [0.1, 0.15) is 6.42 Å². The molecule has 1 radical (unpaired) electrons. The second kappa shape index (κ2) is 6.39. The summed E-state index contributed by atoms with van der Waals surface area (Å²) < 4.78 is 0. The van der Waals surface area contributed by atoms with Gasteiger partial charge in [-0.25, -0.2) is 12.2 Å². The van der Waals surface area contributed by atoms with E-state index in [-0.39, 0.29) is 31.9 Å². The van der Waals surface area contributed by atoms with E-state index in [1.165, 1.54) is 0 Å². The first-order chi connectivity index (χ1) is 2.50. The number of hydrogen-bond acceptors (Lipinski definition) is 0. The zero-order valence-electron chi connectivity index (χ0n) is 3.68. The molecule has 0 nitrogen and oxygen atoms in total. The van der Waals surface area contributed by atoms with Crippen LogP contribution in [-0.4, -0.2) is 0 Å². The standard InChI is InChI=1S/C5H5.ClH.Rh/c1-2-4-5-3-1;;/h1-3H,4H2;1H;/q-1;;. The van der Waals surface area contributed by atoms with Crippen LogP contribution in [-0.2, 0) is 19.5 Å². The van der Waals surface area contributed by atoms with Gasteiger partial charge in [-0.05, 0) is 0 Å². The van der Waals surface area contributed by atoms with Gasteiger partial charge in [0.1, 0.15) is 0 Å². The minimum absolute atomic E-state index is 0. The molecule has 43 valence electrons. The van der Waals surface area contributed by atoms with E-state index < -0.39 is 0 Å². The Hall–Kier alpha value is 0.393. The van der Waals surface area contributed by atoms with Crippen LogP contribution in [0, 0.1) is 6.08 Å². The van der Waals surface area contributed by atoms with Crippen LogP contribution in [0.5, 0.6) is 0 Å². The van der Waals surface area contributed by atoms with E-state index in [9.17, 15) is 0 Å². The van der Waals surface area contributed by atoms with Gasteiger partial charge in [-0.2, -0.15) is 6.08 Å². The molecule has 0 bridgehead atoms. The van der Waals surface area contributed by atoms with E-state index in [0.29, 0.717) is 0 Å². The molecular weight excluding hydrogens is 198 g/mol. The molecular formula is C5H6ClRh-. The van der Waals surface area contributed by atoms with Gasteiger partial charge in [-0.1, -0.05) is 0 Å². The zero-order valence-corrected chi connectivity index (χ0v) is 6.14. The summed E-state index contributed by atoms with van der Waals surface area (Å²) in [7, 11) is 0. The van der Waals surface area contributed by atoms with Crippen molar-refractivity contribution in [2.75, 3.05) is 0 Å². The molecule has 0 aromatic rings. The van der Waals surface area contributed by atoms with Crippen molar-refractivity contribution in [1.29, 1.82) is 0 Å². The molecule has 0 saturated carbocycles. The van der Waals surface area contributed by atoms with Crippen LogP contribution >= 0.6 is 12.4 Å². The Morgan fingerprint density at radius 1 is 1.43 bits per heavy atom. The van der Waals surface area contributed by atoms with E-state index in [1.807, 2.05) is 12.2 Å². The molecule has 0 unspecified atom stereocenters. The predicted molar refractivity (Wildman–Crippen MR) is 28.8 cm³/mol. The van der Waals surface area contributed by atoms with Crippen LogP contribution in [0.3, 0.4) is 0 Å². The first-order valence-corrected chi connectivity index (χ1v) is 1.72. The van der Waals surface area contributed by atoms with Crippen LogP contribution < -0.4 is 0 Å². The van der Waals surface area contributed by atoms with Gasteiger partial charge in [0.25, 0.3) is 0 Å². The number of rotatable bonds is 0. The molecule has 0 fully saturated rings. The Labute approximate surface area is 62.9 Å². The molecule has 1 aliphatic rings. The topological polar surface area (TPSA) is 0 Å². The molecule has 0 atom stereocenters. The van der Waals surface area contributed by atoms with Crippen molar-refractivity contribution < 1.29 is 19.5 Å². The monoisotopic (exact) mass is 204 g/mol. The minimum Gasteiger partial charge on any atom is -0.273 e. The van der Waals surface area contributed by atoms with Crippen molar-refractivity contribution >= 4 is 12.4 Å². The number of allylic oxidation sites excluding steroid dienone is 4. The van der Waals surface area contributed by atoms with Gasteiger partial charge in [0.15, 0.2) is 0 Å². The van der Waals surface area contributed by atoms with Crippen molar-refractivity contribution in [2.45, 2.75) is 6.42 Å². The van der Waals surface area contributed by atoms with Crippen molar-refractivity contribution in [3.63, 3.8) is 0 Å². The van der Waals surface area contributed by atoms with Gasteiger partial charge < -0.3 is 0 Å². The van der Waals surface area contributed by atoms with Crippen molar-refractivity contribution in [3.05, 3.63) is 24.3 Å². The maximum atomic E-state index is 2.99. The van der Waals surface area contributed by atoms with Gasteiger partial charge in [-0.3, -0.25) is 6.08 Å². The maximum Gasteiger partial charge on any atom is 0 e. The summed E-state index contributed by atoms with van der Waals surface area (Å²) in [5, 5.41) is 0. The average molecular weight is 204 g/mol. The van der Waals surface area contributed by atoms with Crippen molar-refractivity contribution in [3.8, 4) is 0 Å². The number of hydrogen-bond donors (Lipinski definition) is 0. The zero-order chi connectivity index (χ0) is 3.54.